The maximum absolute atomic E-state index is 6.06. The summed E-state index contributed by atoms with van der Waals surface area (Å²) in [5.41, 5.74) is 3.42. The first-order valence-electron chi connectivity index (χ1n) is 5.84. The second-order valence-electron chi connectivity index (χ2n) is 6.03. The highest BCUT2D eigenvalue weighted by Crippen LogP contribution is 2.11. The molecule has 0 amide bonds. The third-order valence-corrected chi connectivity index (χ3v) is 3.54. The van der Waals surface area contributed by atoms with E-state index in [1.807, 2.05) is 0 Å². The Kier molecular flexibility index (Phi) is 5.86. The van der Waals surface area contributed by atoms with E-state index in [9.17, 15) is 0 Å². The molecule has 0 rings (SSSR count). The summed E-state index contributed by atoms with van der Waals surface area (Å²) in [5, 5.41) is 0. The minimum absolute atomic E-state index is 0.174. The fraction of sp³-hybridized carbons (Fsp3) is 0.833. The molecule has 0 radical (unpaired) electrons. The Balaban J connectivity index is 4.46. The molecule has 0 aromatic rings. The molecule has 3 heteroatoms. The van der Waals surface area contributed by atoms with Crippen LogP contribution in [0.25, 0.3) is 0 Å². The van der Waals surface area contributed by atoms with Crippen molar-refractivity contribution in [3.8, 4) is 11.5 Å². The van der Waals surface area contributed by atoms with Gasteiger partial charge in [-0.2, -0.15) is 0 Å². The van der Waals surface area contributed by atoms with Crippen LogP contribution in [-0.2, 0) is 4.43 Å². The SMILES string of the molecule is CCCC(C#C[Si](C)(C)C)O[Si](C)(C)C. The van der Waals surface area contributed by atoms with Gasteiger partial charge in [-0.25, -0.2) is 0 Å². The molecule has 88 valence electrons. The third-order valence-electron chi connectivity index (χ3n) is 1.65. The van der Waals surface area contributed by atoms with E-state index in [-0.39, 0.29) is 6.10 Å². The molecule has 0 saturated heterocycles. The van der Waals surface area contributed by atoms with Crippen molar-refractivity contribution < 1.29 is 4.43 Å². The van der Waals surface area contributed by atoms with Crippen molar-refractivity contribution in [1.29, 1.82) is 0 Å². The van der Waals surface area contributed by atoms with E-state index in [0.717, 1.165) is 12.8 Å². The molecular formula is C12H26OSi2. The summed E-state index contributed by atoms with van der Waals surface area (Å²) in [6, 6.07) is 0. The van der Waals surface area contributed by atoms with Gasteiger partial charge < -0.3 is 4.43 Å². The lowest BCUT2D eigenvalue weighted by Crippen LogP contribution is -2.31. The maximum Gasteiger partial charge on any atom is 0.185 e. The number of hydrogen-bond acceptors (Lipinski definition) is 1. The lowest BCUT2D eigenvalue weighted by Gasteiger charge is -2.22. The van der Waals surface area contributed by atoms with Gasteiger partial charge in [0.15, 0.2) is 8.32 Å². The van der Waals surface area contributed by atoms with Crippen LogP contribution < -0.4 is 0 Å². The van der Waals surface area contributed by atoms with Crippen LogP contribution in [0.2, 0.25) is 39.3 Å². The second kappa shape index (κ2) is 5.88. The van der Waals surface area contributed by atoms with E-state index in [1.165, 1.54) is 0 Å². The molecule has 0 aliphatic heterocycles. The van der Waals surface area contributed by atoms with Crippen molar-refractivity contribution in [3.63, 3.8) is 0 Å². The van der Waals surface area contributed by atoms with Gasteiger partial charge in [0.1, 0.15) is 14.2 Å². The molecule has 15 heavy (non-hydrogen) atoms. The fourth-order valence-corrected chi connectivity index (χ4v) is 2.77. The van der Waals surface area contributed by atoms with Gasteiger partial charge in [0.25, 0.3) is 0 Å². The average Bonchev–Trinajstić information content (AvgIpc) is 1.96. The first kappa shape index (κ1) is 15.0. The van der Waals surface area contributed by atoms with Crippen molar-refractivity contribution in [2.75, 3.05) is 0 Å². The van der Waals surface area contributed by atoms with Crippen LogP contribution in [0.15, 0.2) is 0 Å². The summed E-state index contributed by atoms with van der Waals surface area (Å²) in [5.74, 6) is 3.34. The van der Waals surface area contributed by atoms with E-state index >= 15 is 0 Å². The summed E-state index contributed by atoms with van der Waals surface area (Å²) in [4.78, 5) is 0. The maximum atomic E-state index is 6.06. The van der Waals surface area contributed by atoms with Gasteiger partial charge in [0.2, 0.25) is 0 Å². The highest BCUT2D eigenvalue weighted by Gasteiger charge is 2.19. The van der Waals surface area contributed by atoms with Crippen molar-refractivity contribution in [1.82, 2.24) is 0 Å². The molecule has 0 N–H and O–H groups in total. The standard InChI is InChI=1S/C12H26OSi2/c1-8-9-12(13-15(5,6)7)10-11-14(2,3)4/h12H,8-9H2,1-7H3. The first-order chi connectivity index (χ1) is 6.64. The molecule has 0 aromatic heterocycles. The predicted molar refractivity (Wildman–Crippen MR) is 74.2 cm³/mol. The Bertz CT molecular complexity index is 237. The zero-order valence-electron chi connectivity index (χ0n) is 11.4. The Morgan fingerprint density at radius 1 is 1.07 bits per heavy atom. The highest BCUT2D eigenvalue weighted by atomic mass is 28.4. The lowest BCUT2D eigenvalue weighted by molar-refractivity contribution is 0.239. The Labute approximate surface area is 97.8 Å². The van der Waals surface area contributed by atoms with Crippen molar-refractivity contribution in [3.05, 3.63) is 0 Å². The van der Waals surface area contributed by atoms with Gasteiger partial charge in [-0.3, -0.25) is 0 Å². The van der Waals surface area contributed by atoms with Crippen molar-refractivity contribution >= 4 is 16.4 Å². The van der Waals surface area contributed by atoms with Gasteiger partial charge in [0.05, 0.1) is 0 Å². The second-order valence-corrected chi connectivity index (χ2v) is 15.2. The van der Waals surface area contributed by atoms with Crippen LogP contribution in [0.4, 0.5) is 0 Å². The summed E-state index contributed by atoms with van der Waals surface area (Å²) in [6.07, 6.45) is 2.39. The van der Waals surface area contributed by atoms with Crippen LogP contribution in [0.5, 0.6) is 0 Å². The van der Waals surface area contributed by atoms with Gasteiger partial charge >= 0.3 is 0 Å². The summed E-state index contributed by atoms with van der Waals surface area (Å²) in [7, 11) is -2.69. The quantitative estimate of drug-likeness (QED) is 0.537. The van der Waals surface area contributed by atoms with Crippen LogP contribution in [0, 0.1) is 11.5 Å². The van der Waals surface area contributed by atoms with Crippen LogP contribution in [0.1, 0.15) is 19.8 Å². The molecule has 1 nitrogen and oxygen atoms in total. The lowest BCUT2D eigenvalue weighted by atomic mass is 10.2. The Morgan fingerprint density at radius 2 is 1.60 bits per heavy atom. The molecule has 0 aliphatic rings. The molecular weight excluding hydrogens is 216 g/mol. The molecule has 1 atom stereocenters. The molecule has 0 fully saturated rings. The Hall–Kier alpha value is -0.0462. The zero-order chi connectivity index (χ0) is 12.1. The van der Waals surface area contributed by atoms with E-state index in [0.29, 0.717) is 0 Å². The molecule has 1 unspecified atom stereocenters. The van der Waals surface area contributed by atoms with E-state index < -0.39 is 16.4 Å². The highest BCUT2D eigenvalue weighted by molar-refractivity contribution is 6.83. The predicted octanol–water partition coefficient (Wildman–Crippen LogP) is 3.89. The number of hydrogen-bond donors (Lipinski definition) is 0. The fourth-order valence-electron chi connectivity index (χ4n) is 1.15. The zero-order valence-corrected chi connectivity index (χ0v) is 13.4. The molecule has 0 bridgehead atoms. The van der Waals surface area contributed by atoms with Gasteiger partial charge in [-0.15, -0.1) is 5.54 Å². The van der Waals surface area contributed by atoms with Crippen LogP contribution in [0.3, 0.4) is 0 Å². The summed E-state index contributed by atoms with van der Waals surface area (Å²) in [6.45, 7) is 15.7. The normalized spacial score (nSPS) is 14.3. The number of rotatable bonds is 4. The van der Waals surface area contributed by atoms with E-state index in [2.05, 4.69) is 57.7 Å². The first-order valence-corrected chi connectivity index (χ1v) is 12.8. The minimum Gasteiger partial charge on any atom is -0.404 e. The topological polar surface area (TPSA) is 9.23 Å². The van der Waals surface area contributed by atoms with Gasteiger partial charge in [-0.05, 0) is 26.1 Å². The average molecular weight is 243 g/mol. The summed E-state index contributed by atoms with van der Waals surface area (Å²) < 4.78 is 6.06. The van der Waals surface area contributed by atoms with Gasteiger partial charge in [0, 0.05) is 0 Å². The van der Waals surface area contributed by atoms with Gasteiger partial charge in [-0.1, -0.05) is 38.9 Å². The van der Waals surface area contributed by atoms with Crippen LogP contribution >= 0.6 is 0 Å². The molecule has 0 aliphatic carbocycles. The smallest absolute Gasteiger partial charge is 0.185 e. The monoisotopic (exact) mass is 242 g/mol. The minimum atomic E-state index is -1.44. The molecule has 0 aromatic carbocycles. The van der Waals surface area contributed by atoms with E-state index in [1.54, 1.807) is 0 Å². The Morgan fingerprint density at radius 3 is 1.93 bits per heavy atom. The largest absolute Gasteiger partial charge is 0.404 e. The van der Waals surface area contributed by atoms with Crippen molar-refractivity contribution in [2.24, 2.45) is 0 Å². The molecule has 0 spiro atoms. The van der Waals surface area contributed by atoms with E-state index in [4.69, 9.17) is 4.43 Å². The van der Waals surface area contributed by atoms with Crippen molar-refractivity contribution in [2.45, 2.75) is 65.2 Å². The third kappa shape index (κ3) is 10.2. The molecule has 0 heterocycles. The van der Waals surface area contributed by atoms with Crippen LogP contribution in [-0.4, -0.2) is 22.5 Å². The summed E-state index contributed by atoms with van der Waals surface area (Å²) >= 11 is 0. The molecule has 0 saturated carbocycles.